The summed E-state index contributed by atoms with van der Waals surface area (Å²) in [4.78, 5) is 15.8. The van der Waals surface area contributed by atoms with Gasteiger partial charge < -0.3 is 4.74 Å². The van der Waals surface area contributed by atoms with Crippen molar-refractivity contribution in [2.45, 2.75) is 26.2 Å². The van der Waals surface area contributed by atoms with E-state index in [4.69, 9.17) is 4.74 Å². The first-order chi connectivity index (χ1) is 7.31. The number of aromatic nitrogens is 1. The number of ether oxygens (including phenoxy) is 1. The van der Waals surface area contributed by atoms with Gasteiger partial charge >= 0.3 is 0 Å². The fraction of sp³-hybridized carbons (Fsp3) is 0.500. The van der Waals surface area contributed by atoms with Crippen LogP contribution < -0.4 is 4.74 Å². The Morgan fingerprint density at radius 3 is 3.00 bits per heavy atom. The molecule has 1 heterocycles. The molecule has 1 fully saturated rings. The van der Waals surface area contributed by atoms with Crippen molar-refractivity contribution in [2.24, 2.45) is 5.92 Å². The topological polar surface area (TPSA) is 39.2 Å². The third-order valence-corrected chi connectivity index (χ3v) is 2.42. The van der Waals surface area contributed by atoms with Crippen LogP contribution in [0.2, 0.25) is 0 Å². The number of carbonyl (C=O) groups is 1. The molecule has 15 heavy (non-hydrogen) atoms. The van der Waals surface area contributed by atoms with Gasteiger partial charge in [0, 0.05) is 17.7 Å². The van der Waals surface area contributed by atoms with Gasteiger partial charge in [-0.25, -0.2) is 0 Å². The van der Waals surface area contributed by atoms with Crippen LogP contribution >= 0.6 is 0 Å². The van der Waals surface area contributed by atoms with Crippen LogP contribution in [0.15, 0.2) is 18.5 Å². The molecule has 1 aliphatic carbocycles. The Labute approximate surface area is 89.5 Å². The molecule has 1 aliphatic rings. The Balaban J connectivity index is 2.07. The van der Waals surface area contributed by atoms with Gasteiger partial charge in [0.2, 0.25) is 0 Å². The van der Waals surface area contributed by atoms with E-state index in [0.29, 0.717) is 17.9 Å². The fourth-order valence-corrected chi connectivity index (χ4v) is 1.43. The number of ketones is 1. The average Bonchev–Trinajstić information content (AvgIpc) is 3.09. The highest BCUT2D eigenvalue weighted by Gasteiger charge is 2.30. The number of hydrogen-bond donors (Lipinski definition) is 0. The van der Waals surface area contributed by atoms with Crippen molar-refractivity contribution >= 4 is 5.78 Å². The van der Waals surface area contributed by atoms with Crippen LogP contribution in [0.3, 0.4) is 0 Å². The van der Waals surface area contributed by atoms with Crippen LogP contribution in [-0.2, 0) is 0 Å². The van der Waals surface area contributed by atoms with Crippen LogP contribution in [0, 0.1) is 5.92 Å². The Morgan fingerprint density at radius 2 is 2.33 bits per heavy atom. The predicted octanol–water partition coefficient (Wildman–Crippen LogP) is 2.46. The van der Waals surface area contributed by atoms with E-state index in [0.717, 1.165) is 19.3 Å². The predicted molar refractivity (Wildman–Crippen MR) is 57.1 cm³/mol. The van der Waals surface area contributed by atoms with Gasteiger partial charge in [-0.2, -0.15) is 0 Å². The van der Waals surface area contributed by atoms with E-state index in [1.165, 1.54) is 0 Å². The Kier molecular flexibility index (Phi) is 2.99. The molecule has 3 nitrogen and oxygen atoms in total. The number of Topliss-reactive ketones (excluding diaryl/α,β-unsaturated/α-hetero) is 1. The van der Waals surface area contributed by atoms with Crippen molar-refractivity contribution in [3.05, 3.63) is 24.0 Å². The quantitative estimate of drug-likeness (QED) is 0.693. The maximum Gasteiger partial charge on any atom is 0.167 e. The van der Waals surface area contributed by atoms with E-state index < -0.39 is 0 Å². The molecule has 0 atom stereocenters. The van der Waals surface area contributed by atoms with Crippen LogP contribution in [0.25, 0.3) is 0 Å². The van der Waals surface area contributed by atoms with Crippen molar-refractivity contribution in [3.8, 4) is 5.75 Å². The Morgan fingerprint density at radius 1 is 1.53 bits per heavy atom. The Hall–Kier alpha value is -1.38. The van der Waals surface area contributed by atoms with E-state index in [9.17, 15) is 4.79 Å². The van der Waals surface area contributed by atoms with Gasteiger partial charge in [-0.15, -0.1) is 0 Å². The summed E-state index contributed by atoms with van der Waals surface area (Å²) in [7, 11) is 0. The molecule has 1 aromatic rings. The molecular formula is C12H15NO2. The van der Waals surface area contributed by atoms with Crippen molar-refractivity contribution in [2.75, 3.05) is 6.61 Å². The zero-order chi connectivity index (χ0) is 10.7. The van der Waals surface area contributed by atoms with E-state index >= 15 is 0 Å². The highest BCUT2D eigenvalue weighted by molar-refractivity contribution is 5.99. The molecule has 2 rings (SSSR count). The van der Waals surface area contributed by atoms with Gasteiger partial charge in [0.05, 0.1) is 12.8 Å². The maximum atomic E-state index is 11.7. The minimum absolute atomic E-state index is 0.212. The number of pyridine rings is 1. The Bertz CT molecular complexity index is 358. The standard InChI is InChI=1S/C12H15NO2/c1-2-5-15-11-6-10(7-13-8-11)12(14)9-3-4-9/h6-9H,2-5H2,1H3. The second-order valence-corrected chi connectivity index (χ2v) is 3.90. The molecule has 0 bridgehead atoms. The van der Waals surface area contributed by atoms with E-state index in [1.54, 1.807) is 18.5 Å². The highest BCUT2D eigenvalue weighted by Crippen LogP contribution is 2.32. The normalized spacial score (nSPS) is 15.0. The summed E-state index contributed by atoms with van der Waals surface area (Å²) < 4.78 is 5.43. The first-order valence-electron chi connectivity index (χ1n) is 5.43. The molecule has 0 spiro atoms. The van der Waals surface area contributed by atoms with Crippen LogP contribution in [-0.4, -0.2) is 17.4 Å². The summed E-state index contributed by atoms with van der Waals surface area (Å²) >= 11 is 0. The number of carbonyl (C=O) groups excluding carboxylic acids is 1. The average molecular weight is 205 g/mol. The van der Waals surface area contributed by atoms with Gasteiger partial charge in [0.15, 0.2) is 5.78 Å². The third-order valence-electron chi connectivity index (χ3n) is 2.42. The molecule has 0 amide bonds. The smallest absolute Gasteiger partial charge is 0.167 e. The monoisotopic (exact) mass is 205 g/mol. The summed E-state index contributed by atoms with van der Waals surface area (Å²) in [5, 5.41) is 0. The maximum absolute atomic E-state index is 11.7. The fourth-order valence-electron chi connectivity index (χ4n) is 1.43. The summed E-state index contributed by atoms with van der Waals surface area (Å²) in [6, 6.07) is 1.79. The van der Waals surface area contributed by atoms with Crippen molar-refractivity contribution < 1.29 is 9.53 Å². The highest BCUT2D eigenvalue weighted by atomic mass is 16.5. The van der Waals surface area contributed by atoms with Gasteiger partial charge in [0.1, 0.15) is 5.75 Å². The lowest BCUT2D eigenvalue weighted by molar-refractivity contribution is 0.0967. The van der Waals surface area contributed by atoms with E-state index in [-0.39, 0.29) is 11.7 Å². The van der Waals surface area contributed by atoms with Gasteiger partial charge in [-0.05, 0) is 25.3 Å². The minimum atomic E-state index is 0.212. The largest absolute Gasteiger partial charge is 0.492 e. The minimum Gasteiger partial charge on any atom is -0.492 e. The molecule has 0 unspecified atom stereocenters. The van der Waals surface area contributed by atoms with Gasteiger partial charge in [-0.1, -0.05) is 6.92 Å². The molecule has 0 radical (unpaired) electrons. The molecular weight excluding hydrogens is 190 g/mol. The molecule has 0 N–H and O–H groups in total. The zero-order valence-electron chi connectivity index (χ0n) is 8.90. The van der Waals surface area contributed by atoms with Crippen molar-refractivity contribution in [1.29, 1.82) is 0 Å². The van der Waals surface area contributed by atoms with Crippen LogP contribution in [0.5, 0.6) is 5.75 Å². The van der Waals surface area contributed by atoms with Crippen LogP contribution in [0.4, 0.5) is 0 Å². The molecule has 1 aromatic heterocycles. The first kappa shape index (κ1) is 10.1. The third kappa shape index (κ3) is 2.55. The summed E-state index contributed by atoms with van der Waals surface area (Å²) in [6.07, 6.45) is 6.29. The van der Waals surface area contributed by atoms with Crippen molar-refractivity contribution in [3.63, 3.8) is 0 Å². The first-order valence-corrected chi connectivity index (χ1v) is 5.43. The number of rotatable bonds is 5. The van der Waals surface area contributed by atoms with Gasteiger partial charge in [-0.3, -0.25) is 9.78 Å². The lowest BCUT2D eigenvalue weighted by atomic mass is 10.1. The molecule has 0 aliphatic heterocycles. The lowest BCUT2D eigenvalue weighted by Crippen LogP contribution is -2.03. The van der Waals surface area contributed by atoms with E-state index in [2.05, 4.69) is 4.98 Å². The molecule has 3 heteroatoms. The summed E-state index contributed by atoms with van der Waals surface area (Å²) in [5.41, 5.74) is 0.686. The van der Waals surface area contributed by atoms with E-state index in [1.807, 2.05) is 6.92 Å². The lowest BCUT2D eigenvalue weighted by Gasteiger charge is -2.05. The summed E-state index contributed by atoms with van der Waals surface area (Å²) in [5.74, 6) is 1.15. The molecule has 80 valence electrons. The molecule has 0 aromatic carbocycles. The second kappa shape index (κ2) is 4.43. The number of nitrogens with zero attached hydrogens (tertiary/aromatic N) is 1. The van der Waals surface area contributed by atoms with Gasteiger partial charge in [0.25, 0.3) is 0 Å². The summed E-state index contributed by atoms with van der Waals surface area (Å²) in [6.45, 7) is 2.72. The second-order valence-electron chi connectivity index (χ2n) is 3.90. The molecule has 0 saturated heterocycles. The SMILES string of the molecule is CCCOc1cncc(C(=O)C2CC2)c1. The molecule has 1 saturated carbocycles. The van der Waals surface area contributed by atoms with Crippen molar-refractivity contribution in [1.82, 2.24) is 4.98 Å². The zero-order valence-corrected chi connectivity index (χ0v) is 8.90. The van der Waals surface area contributed by atoms with Crippen LogP contribution in [0.1, 0.15) is 36.5 Å². The number of hydrogen-bond acceptors (Lipinski definition) is 3.